The molecule has 5 nitrogen and oxygen atoms in total. The molecular formula is C20H18O5. The van der Waals surface area contributed by atoms with Gasteiger partial charge in [0.05, 0.1) is 26.9 Å². The highest BCUT2D eigenvalue weighted by Crippen LogP contribution is 2.37. The molecule has 1 heterocycles. The molecule has 0 aliphatic heterocycles. The van der Waals surface area contributed by atoms with E-state index in [9.17, 15) is 4.79 Å². The third-order valence-electron chi connectivity index (χ3n) is 4.66. The van der Waals surface area contributed by atoms with E-state index >= 15 is 0 Å². The van der Waals surface area contributed by atoms with Crippen molar-refractivity contribution in [3.63, 3.8) is 0 Å². The quantitative estimate of drug-likeness (QED) is 0.730. The highest BCUT2D eigenvalue weighted by atomic mass is 16.5. The molecule has 128 valence electrons. The van der Waals surface area contributed by atoms with Crippen LogP contribution in [0.2, 0.25) is 0 Å². The molecule has 25 heavy (non-hydrogen) atoms. The number of hydrogen-bond donors (Lipinski definition) is 0. The maximum atomic E-state index is 13.3. The number of hydrogen-bond acceptors (Lipinski definition) is 5. The van der Waals surface area contributed by atoms with Crippen LogP contribution in [-0.4, -0.2) is 21.3 Å². The zero-order valence-corrected chi connectivity index (χ0v) is 14.3. The predicted octanol–water partition coefficient (Wildman–Crippen LogP) is 3.58. The van der Waals surface area contributed by atoms with E-state index in [0.717, 1.165) is 23.3 Å². The van der Waals surface area contributed by atoms with Gasteiger partial charge in [0.2, 0.25) is 5.43 Å². The molecule has 0 fully saturated rings. The second-order valence-corrected chi connectivity index (χ2v) is 5.96. The van der Waals surface area contributed by atoms with Crippen molar-refractivity contribution in [2.75, 3.05) is 21.3 Å². The van der Waals surface area contributed by atoms with Crippen LogP contribution < -0.4 is 19.6 Å². The predicted molar refractivity (Wildman–Crippen MR) is 95.0 cm³/mol. The number of methoxy groups -OCH3 is 3. The molecule has 1 aromatic heterocycles. The van der Waals surface area contributed by atoms with E-state index in [-0.39, 0.29) is 5.43 Å². The molecule has 3 aromatic rings. The normalized spacial score (nSPS) is 12.4. The molecular weight excluding hydrogens is 320 g/mol. The molecule has 1 aliphatic carbocycles. The Morgan fingerprint density at radius 3 is 2.44 bits per heavy atom. The van der Waals surface area contributed by atoms with E-state index in [4.69, 9.17) is 18.6 Å². The monoisotopic (exact) mass is 338 g/mol. The molecule has 5 heteroatoms. The lowest BCUT2D eigenvalue weighted by Crippen LogP contribution is -2.15. The summed E-state index contributed by atoms with van der Waals surface area (Å²) in [5, 5.41) is 0.436. The first-order valence-corrected chi connectivity index (χ1v) is 8.05. The maximum Gasteiger partial charge on any atom is 0.204 e. The molecule has 0 bridgehead atoms. The fraction of sp³-hybridized carbons (Fsp3) is 0.250. The number of benzene rings is 2. The van der Waals surface area contributed by atoms with Gasteiger partial charge in [0.25, 0.3) is 0 Å². The molecule has 0 unspecified atom stereocenters. The molecule has 0 radical (unpaired) electrons. The molecule has 0 saturated heterocycles. The van der Waals surface area contributed by atoms with Crippen LogP contribution in [0.5, 0.6) is 17.2 Å². The number of aryl methyl sites for hydroxylation is 2. The highest BCUT2D eigenvalue weighted by molar-refractivity contribution is 5.90. The lowest BCUT2D eigenvalue weighted by Gasteiger charge is -2.20. The van der Waals surface area contributed by atoms with Crippen LogP contribution in [0.3, 0.4) is 0 Å². The summed E-state index contributed by atoms with van der Waals surface area (Å²) in [6, 6.07) is 9.19. The van der Waals surface area contributed by atoms with Crippen LogP contribution in [0.15, 0.2) is 39.5 Å². The van der Waals surface area contributed by atoms with E-state index in [0.29, 0.717) is 40.2 Å². The van der Waals surface area contributed by atoms with E-state index in [1.165, 1.54) is 7.11 Å². The van der Waals surface area contributed by atoms with Gasteiger partial charge in [-0.25, -0.2) is 0 Å². The van der Waals surface area contributed by atoms with Crippen molar-refractivity contribution in [3.05, 3.63) is 51.9 Å². The van der Waals surface area contributed by atoms with Crippen molar-refractivity contribution in [1.82, 2.24) is 0 Å². The van der Waals surface area contributed by atoms with Crippen LogP contribution in [0.4, 0.5) is 0 Å². The van der Waals surface area contributed by atoms with Gasteiger partial charge >= 0.3 is 0 Å². The maximum absolute atomic E-state index is 13.3. The van der Waals surface area contributed by atoms with E-state index in [1.807, 2.05) is 18.2 Å². The summed E-state index contributed by atoms with van der Waals surface area (Å²) >= 11 is 0. The molecule has 1 aliphatic rings. The van der Waals surface area contributed by atoms with Crippen molar-refractivity contribution in [1.29, 1.82) is 0 Å². The average Bonchev–Trinajstić information content (AvgIpc) is 2.66. The van der Waals surface area contributed by atoms with Gasteiger partial charge in [0.1, 0.15) is 34.0 Å². The fourth-order valence-corrected chi connectivity index (χ4v) is 3.43. The number of ether oxygens (including phenoxy) is 3. The second kappa shape index (κ2) is 5.84. The van der Waals surface area contributed by atoms with Crippen molar-refractivity contribution in [2.45, 2.75) is 12.8 Å². The van der Waals surface area contributed by atoms with Crippen molar-refractivity contribution < 1.29 is 18.6 Å². The Hall–Kier alpha value is -2.95. The van der Waals surface area contributed by atoms with Gasteiger partial charge < -0.3 is 18.6 Å². The molecule has 0 saturated carbocycles. The molecule has 4 rings (SSSR count). The molecule has 0 amide bonds. The van der Waals surface area contributed by atoms with Gasteiger partial charge in [0, 0.05) is 18.6 Å². The van der Waals surface area contributed by atoms with Crippen molar-refractivity contribution in [2.24, 2.45) is 0 Å². The Morgan fingerprint density at radius 1 is 0.920 bits per heavy atom. The van der Waals surface area contributed by atoms with Crippen molar-refractivity contribution in [3.8, 4) is 28.4 Å². The summed E-state index contributed by atoms with van der Waals surface area (Å²) in [7, 11) is 4.74. The summed E-state index contributed by atoms with van der Waals surface area (Å²) in [4.78, 5) is 13.3. The third-order valence-corrected chi connectivity index (χ3v) is 4.66. The Morgan fingerprint density at radius 2 is 1.72 bits per heavy atom. The average molecular weight is 338 g/mol. The number of rotatable bonds is 3. The van der Waals surface area contributed by atoms with Crippen LogP contribution in [0, 0.1) is 0 Å². The second-order valence-electron chi connectivity index (χ2n) is 5.96. The zero-order chi connectivity index (χ0) is 17.6. The molecule has 0 atom stereocenters. The highest BCUT2D eigenvalue weighted by Gasteiger charge is 2.25. The van der Waals surface area contributed by atoms with Gasteiger partial charge in [-0.15, -0.1) is 0 Å². The van der Waals surface area contributed by atoms with E-state index in [2.05, 4.69) is 0 Å². The van der Waals surface area contributed by atoms with Crippen LogP contribution in [0.25, 0.3) is 22.1 Å². The Balaban J connectivity index is 2.05. The minimum atomic E-state index is -0.0816. The summed E-state index contributed by atoms with van der Waals surface area (Å²) in [6.07, 6.45) is 1.47. The first kappa shape index (κ1) is 15.6. The Labute approximate surface area is 144 Å². The Kier molecular flexibility index (Phi) is 3.64. The van der Waals surface area contributed by atoms with Gasteiger partial charge in [-0.1, -0.05) is 6.07 Å². The van der Waals surface area contributed by atoms with Crippen LogP contribution in [0.1, 0.15) is 11.3 Å². The molecule has 0 spiro atoms. The zero-order valence-electron chi connectivity index (χ0n) is 14.3. The minimum absolute atomic E-state index is 0.0816. The first-order chi connectivity index (χ1) is 12.2. The number of fused-ring (bicyclic) bond motifs is 4. The van der Waals surface area contributed by atoms with E-state index in [1.54, 1.807) is 26.4 Å². The summed E-state index contributed by atoms with van der Waals surface area (Å²) in [5.74, 6) is 2.53. The fourth-order valence-electron chi connectivity index (χ4n) is 3.43. The van der Waals surface area contributed by atoms with Gasteiger partial charge in [-0.3, -0.25) is 4.79 Å². The van der Waals surface area contributed by atoms with Crippen LogP contribution in [-0.2, 0) is 12.8 Å². The standard InChI is InChI=1S/C20H18O5/c1-22-12-5-6-14-11(8-12)4-7-15-18(14)20(21)19-16(24-3)9-13(23-2)10-17(19)25-15/h5-6,8-10H,4,7H2,1-3H3. The van der Waals surface area contributed by atoms with Gasteiger partial charge in [0.15, 0.2) is 0 Å². The third kappa shape index (κ3) is 2.35. The Bertz CT molecular complexity index is 1030. The van der Waals surface area contributed by atoms with Gasteiger partial charge in [-0.2, -0.15) is 0 Å². The molecule has 0 N–H and O–H groups in total. The van der Waals surface area contributed by atoms with Crippen LogP contribution >= 0.6 is 0 Å². The smallest absolute Gasteiger partial charge is 0.204 e. The van der Waals surface area contributed by atoms with E-state index < -0.39 is 0 Å². The topological polar surface area (TPSA) is 57.9 Å². The minimum Gasteiger partial charge on any atom is -0.497 e. The lowest BCUT2D eigenvalue weighted by atomic mass is 9.88. The summed E-state index contributed by atoms with van der Waals surface area (Å²) < 4.78 is 22.0. The first-order valence-electron chi connectivity index (χ1n) is 8.05. The molecule has 2 aromatic carbocycles. The SMILES string of the molecule is COc1ccc2c(c1)CCc1oc3cc(OC)cc(OC)c3c(=O)c1-2. The van der Waals surface area contributed by atoms with Gasteiger partial charge in [-0.05, 0) is 29.7 Å². The summed E-state index contributed by atoms with van der Waals surface area (Å²) in [6.45, 7) is 0. The summed E-state index contributed by atoms with van der Waals surface area (Å²) in [5.41, 5.74) is 3.00. The van der Waals surface area contributed by atoms with Crippen molar-refractivity contribution >= 4 is 11.0 Å². The largest absolute Gasteiger partial charge is 0.497 e. The lowest BCUT2D eigenvalue weighted by molar-refractivity contribution is 0.395.